The number of hydrogen-bond acceptors (Lipinski definition) is 2. The van der Waals surface area contributed by atoms with E-state index >= 15 is 0 Å². The van der Waals surface area contributed by atoms with E-state index in [1.807, 2.05) is 26.0 Å². The lowest BCUT2D eigenvalue weighted by Crippen LogP contribution is -2.25. The van der Waals surface area contributed by atoms with Gasteiger partial charge in [-0.15, -0.1) is 0 Å². The van der Waals surface area contributed by atoms with E-state index in [0.717, 1.165) is 0 Å². The van der Waals surface area contributed by atoms with Crippen molar-refractivity contribution in [1.82, 2.24) is 0 Å². The zero-order valence-corrected chi connectivity index (χ0v) is 5.33. The van der Waals surface area contributed by atoms with Crippen LogP contribution < -0.4 is 5.73 Å². The summed E-state index contributed by atoms with van der Waals surface area (Å²) in [5.41, 5.74) is 5.13. The van der Waals surface area contributed by atoms with Gasteiger partial charge in [-0.05, 0) is 6.92 Å². The summed E-state index contributed by atoms with van der Waals surface area (Å²) in [6.07, 6.45) is 3.02. The third-order valence-corrected chi connectivity index (χ3v) is 1.03. The molecule has 0 saturated heterocycles. The number of hydrogen-bond donors (Lipinski definition) is 2. The molecule has 0 aromatic heterocycles. The summed E-state index contributed by atoms with van der Waals surface area (Å²) in [6.45, 7) is 3.77. The second-order valence-corrected chi connectivity index (χ2v) is 1.88. The highest BCUT2D eigenvalue weighted by atomic mass is 16.3. The van der Waals surface area contributed by atoms with Gasteiger partial charge in [0.2, 0.25) is 0 Å². The molecule has 2 heteroatoms. The Morgan fingerprint density at radius 1 is 1.62 bits per heavy atom. The first kappa shape index (κ1) is 7.66. The average molecular weight is 115 g/mol. The fraction of sp³-hybridized carbons (Fsp3) is 0.667. The first-order valence-electron chi connectivity index (χ1n) is 2.75. The minimum Gasteiger partial charge on any atom is -0.378 e. The molecule has 0 bridgehead atoms. The molecule has 2 nitrogen and oxygen atoms in total. The molecule has 0 rings (SSSR count). The van der Waals surface area contributed by atoms with Crippen molar-refractivity contribution in [2.45, 2.75) is 20.1 Å². The maximum absolute atomic E-state index is 8.68. The Bertz CT molecular complexity index is 78.6. The maximum Gasteiger partial charge on any atom is 0.108 e. The van der Waals surface area contributed by atoms with Crippen LogP contribution in [0.2, 0.25) is 0 Å². The van der Waals surface area contributed by atoms with Crippen LogP contribution in [0.3, 0.4) is 0 Å². The van der Waals surface area contributed by atoms with Gasteiger partial charge in [-0.25, -0.2) is 0 Å². The smallest absolute Gasteiger partial charge is 0.108 e. The fourth-order valence-electron chi connectivity index (χ4n) is 0.417. The van der Waals surface area contributed by atoms with Gasteiger partial charge < -0.3 is 10.8 Å². The Balaban J connectivity index is 3.47. The van der Waals surface area contributed by atoms with Crippen LogP contribution in [0.4, 0.5) is 0 Å². The van der Waals surface area contributed by atoms with E-state index in [1.54, 1.807) is 0 Å². The number of aliphatic hydroxyl groups excluding tert-OH is 1. The zero-order valence-electron chi connectivity index (χ0n) is 5.33. The van der Waals surface area contributed by atoms with E-state index in [2.05, 4.69) is 0 Å². The van der Waals surface area contributed by atoms with Crippen molar-refractivity contribution in [3.8, 4) is 0 Å². The molecule has 0 saturated carbocycles. The quantitative estimate of drug-likeness (QED) is 0.406. The van der Waals surface area contributed by atoms with Crippen LogP contribution in [0.5, 0.6) is 0 Å². The Kier molecular flexibility index (Phi) is 3.48. The number of aliphatic hydroxyl groups is 1. The minimum absolute atomic E-state index is 0.0694. The summed E-state index contributed by atoms with van der Waals surface area (Å²) < 4.78 is 0. The lowest BCUT2D eigenvalue weighted by atomic mass is 10.1. The number of allylic oxidation sites excluding steroid dienone is 1. The van der Waals surface area contributed by atoms with Gasteiger partial charge in [-0.3, -0.25) is 0 Å². The van der Waals surface area contributed by atoms with Crippen molar-refractivity contribution in [2.24, 2.45) is 11.7 Å². The van der Waals surface area contributed by atoms with Crippen LogP contribution in [0, 0.1) is 5.92 Å². The summed E-state index contributed by atoms with van der Waals surface area (Å²) in [4.78, 5) is 0. The molecule has 0 fully saturated rings. The van der Waals surface area contributed by atoms with Crippen LogP contribution >= 0.6 is 0 Å². The molecule has 0 aliphatic rings. The fourth-order valence-corrected chi connectivity index (χ4v) is 0.417. The molecule has 48 valence electrons. The van der Waals surface area contributed by atoms with Gasteiger partial charge in [-0.1, -0.05) is 19.1 Å². The molecular formula is C6H13NO. The van der Waals surface area contributed by atoms with Crippen molar-refractivity contribution in [3.63, 3.8) is 0 Å². The molecule has 0 radical (unpaired) electrons. The summed E-state index contributed by atoms with van der Waals surface area (Å²) in [6, 6.07) is 0. The average Bonchev–Trinajstić information content (AvgIpc) is 1.67. The van der Waals surface area contributed by atoms with E-state index < -0.39 is 6.23 Å². The molecule has 0 aromatic rings. The van der Waals surface area contributed by atoms with Crippen LogP contribution in [0.1, 0.15) is 13.8 Å². The first-order chi connectivity index (χ1) is 3.68. The molecule has 0 aliphatic carbocycles. The molecule has 0 aliphatic heterocycles. The Labute approximate surface area is 50.0 Å². The van der Waals surface area contributed by atoms with Crippen molar-refractivity contribution < 1.29 is 5.11 Å². The van der Waals surface area contributed by atoms with E-state index in [9.17, 15) is 0 Å². The normalized spacial score (nSPS) is 19.0. The van der Waals surface area contributed by atoms with Gasteiger partial charge in [0, 0.05) is 5.92 Å². The van der Waals surface area contributed by atoms with Gasteiger partial charge in [0.1, 0.15) is 6.23 Å². The van der Waals surface area contributed by atoms with Crippen molar-refractivity contribution in [3.05, 3.63) is 12.2 Å². The van der Waals surface area contributed by atoms with Crippen molar-refractivity contribution in [2.75, 3.05) is 0 Å². The highest BCUT2D eigenvalue weighted by molar-refractivity contribution is 4.84. The molecule has 0 amide bonds. The number of nitrogens with two attached hydrogens (primary N) is 1. The standard InChI is InChI=1S/C6H13NO/c1-3-4-5(2)6(7)8/h3-6,8H,7H2,1-2H3. The van der Waals surface area contributed by atoms with Gasteiger partial charge in [0.15, 0.2) is 0 Å². The van der Waals surface area contributed by atoms with Crippen molar-refractivity contribution >= 4 is 0 Å². The summed E-state index contributed by atoms with van der Waals surface area (Å²) in [5.74, 6) is 0.0694. The van der Waals surface area contributed by atoms with Gasteiger partial charge in [0.25, 0.3) is 0 Å². The van der Waals surface area contributed by atoms with E-state index in [-0.39, 0.29) is 5.92 Å². The van der Waals surface area contributed by atoms with E-state index in [4.69, 9.17) is 10.8 Å². The maximum atomic E-state index is 8.68. The lowest BCUT2D eigenvalue weighted by Gasteiger charge is -2.07. The van der Waals surface area contributed by atoms with Crippen LogP contribution in [-0.4, -0.2) is 11.3 Å². The Morgan fingerprint density at radius 3 is 2.25 bits per heavy atom. The molecule has 2 unspecified atom stereocenters. The molecular weight excluding hydrogens is 102 g/mol. The zero-order chi connectivity index (χ0) is 6.57. The Hall–Kier alpha value is -0.340. The summed E-state index contributed by atoms with van der Waals surface area (Å²) in [5, 5.41) is 8.68. The van der Waals surface area contributed by atoms with Crippen LogP contribution in [-0.2, 0) is 0 Å². The topological polar surface area (TPSA) is 46.2 Å². The molecule has 2 atom stereocenters. The minimum atomic E-state index is -0.716. The van der Waals surface area contributed by atoms with Crippen LogP contribution in [0.15, 0.2) is 12.2 Å². The highest BCUT2D eigenvalue weighted by Gasteiger charge is 2.01. The van der Waals surface area contributed by atoms with Gasteiger partial charge in [-0.2, -0.15) is 0 Å². The largest absolute Gasteiger partial charge is 0.378 e. The third-order valence-electron chi connectivity index (χ3n) is 1.03. The predicted octanol–water partition coefficient (Wildman–Crippen LogP) is 0.476. The van der Waals surface area contributed by atoms with Gasteiger partial charge >= 0.3 is 0 Å². The first-order valence-corrected chi connectivity index (χ1v) is 2.75. The molecule has 3 N–H and O–H groups in total. The third kappa shape index (κ3) is 2.77. The second-order valence-electron chi connectivity index (χ2n) is 1.88. The van der Waals surface area contributed by atoms with Gasteiger partial charge in [0.05, 0.1) is 0 Å². The molecule has 0 aromatic carbocycles. The Morgan fingerprint density at radius 2 is 2.12 bits per heavy atom. The number of rotatable bonds is 2. The SMILES string of the molecule is CC=CC(C)C(N)O. The molecule has 8 heavy (non-hydrogen) atoms. The van der Waals surface area contributed by atoms with Crippen molar-refractivity contribution in [1.29, 1.82) is 0 Å². The van der Waals surface area contributed by atoms with E-state index in [0.29, 0.717) is 0 Å². The second kappa shape index (κ2) is 3.64. The predicted molar refractivity (Wildman–Crippen MR) is 34.2 cm³/mol. The summed E-state index contributed by atoms with van der Waals surface area (Å²) in [7, 11) is 0. The van der Waals surface area contributed by atoms with Crippen LogP contribution in [0.25, 0.3) is 0 Å². The molecule has 0 spiro atoms. The highest BCUT2D eigenvalue weighted by Crippen LogP contribution is 1.97. The van der Waals surface area contributed by atoms with E-state index in [1.165, 1.54) is 0 Å². The monoisotopic (exact) mass is 115 g/mol. The summed E-state index contributed by atoms with van der Waals surface area (Å²) >= 11 is 0. The molecule has 0 heterocycles. The lowest BCUT2D eigenvalue weighted by molar-refractivity contribution is 0.145.